The van der Waals surface area contributed by atoms with Crippen molar-refractivity contribution in [1.29, 1.82) is 0 Å². The van der Waals surface area contributed by atoms with E-state index in [2.05, 4.69) is 10.3 Å². The highest BCUT2D eigenvalue weighted by Gasteiger charge is 2.31. The molecule has 2 aromatic rings. The zero-order valence-electron chi connectivity index (χ0n) is 12.8. The van der Waals surface area contributed by atoms with E-state index in [1.54, 1.807) is 17.6 Å². The minimum absolute atomic E-state index is 0.0621. The molecule has 0 saturated heterocycles. The number of aliphatic hydroxyl groups excluding tert-OH is 1. The third kappa shape index (κ3) is 4.53. The lowest BCUT2D eigenvalue weighted by Gasteiger charge is -2.17. The van der Waals surface area contributed by atoms with Crippen molar-refractivity contribution in [2.24, 2.45) is 5.92 Å². The largest absolute Gasteiger partial charge is 0.487 e. The first-order chi connectivity index (χ1) is 11.3. The van der Waals surface area contributed by atoms with E-state index in [-0.39, 0.29) is 18.6 Å². The molecule has 0 spiro atoms. The summed E-state index contributed by atoms with van der Waals surface area (Å²) in [6.07, 6.45) is 2.86. The molecule has 1 heterocycles. The molecule has 23 heavy (non-hydrogen) atoms. The predicted molar refractivity (Wildman–Crippen MR) is 88.6 cm³/mol. The second-order valence-electron chi connectivity index (χ2n) is 5.73. The van der Waals surface area contributed by atoms with Gasteiger partial charge in [-0.1, -0.05) is 6.07 Å². The van der Waals surface area contributed by atoms with Crippen LogP contribution in [0.25, 0.3) is 0 Å². The first-order valence-electron chi connectivity index (χ1n) is 7.78. The summed E-state index contributed by atoms with van der Waals surface area (Å²) in [5.74, 6) is 1.04. The number of thiazole rings is 1. The molecule has 5 nitrogen and oxygen atoms in total. The van der Waals surface area contributed by atoms with Crippen molar-refractivity contribution < 1.29 is 14.6 Å². The number of aliphatic hydroxyl groups is 1. The maximum absolute atomic E-state index is 12.4. The maximum Gasteiger partial charge on any atom is 0.251 e. The van der Waals surface area contributed by atoms with Crippen molar-refractivity contribution in [2.75, 3.05) is 6.61 Å². The molecule has 1 aromatic heterocycles. The van der Waals surface area contributed by atoms with Gasteiger partial charge in [0, 0.05) is 23.6 Å². The molecule has 122 valence electrons. The first-order valence-corrected chi connectivity index (χ1v) is 8.72. The Hall–Kier alpha value is -1.92. The van der Waals surface area contributed by atoms with Gasteiger partial charge in [0.15, 0.2) is 0 Å². The topological polar surface area (TPSA) is 71.5 Å². The maximum atomic E-state index is 12.4. The van der Waals surface area contributed by atoms with Gasteiger partial charge in [-0.15, -0.1) is 11.3 Å². The zero-order valence-corrected chi connectivity index (χ0v) is 13.6. The van der Waals surface area contributed by atoms with E-state index >= 15 is 0 Å². The molecule has 1 fully saturated rings. The highest BCUT2D eigenvalue weighted by Crippen LogP contribution is 2.34. The first kappa shape index (κ1) is 16.0. The van der Waals surface area contributed by atoms with Crippen LogP contribution in [0.5, 0.6) is 5.75 Å². The molecule has 6 heteroatoms. The second kappa shape index (κ2) is 7.57. The molecule has 3 rings (SSSR count). The van der Waals surface area contributed by atoms with Gasteiger partial charge in [0.25, 0.3) is 5.91 Å². The van der Waals surface area contributed by atoms with Crippen molar-refractivity contribution in [2.45, 2.75) is 31.9 Å². The van der Waals surface area contributed by atoms with Gasteiger partial charge in [-0.05, 0) is 43.4 Å². The van der Waals surface area contributed by atoms with E-state index in [4.69, 9.17) is 9.84 Å². The quantitative estimate of drug-likeness (QED) is 0.779. The minimum atomic E-state index is -0.116. The molecule has 1 aliphatic rings. The third-order valence-corrected chi connectivity index (χ3v) is 4.55. The second-order valence-corrected chi connectivity index (χ2v) is 6.44. The Morgan fingerprint density at radius 3 is 3.04 bits per heavy atom. The molecule has 0 radical (unpaired) electrons. The normalized spacial score (nSPS) is 15.2. The van der Waals surface area contributed by atoms with E-state index in [1.165, 1.54) is 11.3 Å². The number of carbonyl (C=O) groups is 1. The average molecular weight is 332 g/mol. The van der Waals surface area contributed by atoms with Crippen LogP contribution in [0.2, 0.25) is 0 Å². The van der Waals surface area contributed by atoms with Crippen LogP contribution in [0.4, 0.5) is 0 Å². The number of hydrogen-bond acceptors (Lipinski definition) is 5. The van der Waals surface area contributed by atoms with Gasteiger partial charge in [-0.3, -0.25) is 4.79 Å². The van der Waals surface area contributed by atoms with Gasteiger partial charge in [0.2, 0.25) is 0 Å². The van der Waals surface area contributed by atoms with Gasteiger partial charge in [0.05, 0.1) is 11.2 Å². The van der Waals surface area contributed by atoms with Gasteiger partial charge < -0.3 is 15.2 Å². The Bertz CT molecular complexity index is 641. The molecule has 0 bridgehead atoms. The van der Waals surface area contributed by atoms with Crippen LogP contribution in [-0.4, -0.2) is 28.6 Å². The summed E-state index contributed by atoms with van der Waals surface area (Å²) < 4.78 is 5.68. The van der Waals surface area contributed by atoms with Crippen LogP contribution >= 0.6 is 11.3 Å². The molecule has 2 N–H and O–H groups in total. The van der Waals surface area contributed by atoms with Crippen LogP contribution < -0.4 is 10.1 Å². The van der Waals surface area contributed by atoms with E-state index in [0.29, 0.717) is 30.3 Å². The summed E-state index contributed by atoms with van der Waals surface area (Å²) in [6.45, 7) is 0.488. The van der Waals surface area contributed by atoms with E-state index in [1.807, 2.05) is 17.5 Å². The fraction of sp³-hybridized carbons (Fsp3) is 0.412. The molecule has 1 amide bonds. The Labute approximate surface area is 139 Å². The van der Waals surface area contributed by atoms with Gasteiger partial charge in [0.1, 0.15) is 12.4 Å². The summed E-state index contributed by atoms with van der Waals surface area (Å²) in [4.78, 5) is 16.6. The minimum Gasteiger partial charge on any atom is -0.487 e. The third-order valence-electron chi connectivity index (χ3n) is 3.91. The summed E-state index contributed by atoms with van der Waals surface area (Å²) in [5, 5.41) is 14.1. The molecule has 1 atom stereocenters. The zero-order chi connectivity index (χ0) is 16.1. The number of nitrogens with one attached hydrogen (secondary N) is 1. The van der Waals surface area contributed by atoms with Crippen molar-refractivity contribution in [1.82, 2.24) is 10.3 Å². The van der Waals surface area contributed by atoms with Gasteiger partial charge in [-0.2, -0.15) is 0 Å². The Morgan fingerprint density at radius 1 is 1.48 bits per heavy atom. The molecule has 0 aliphatic heterocycles. The molecule has 1 unspecified atom stereocenters. The number of rotatable bonds is 8. The van der Waals surface area contributed by atoms with Crippen molar-refractivity contribution in [3.8, 4) is 5.75 Å². The van der Waals surface area contributed by atoms with Gasteiger partial charge >= 0.3 is 0 Å². The lowest BCUT2D eigenvalue weighted by molar-refractivity contribution is 0.0923. The monoisotopic (exact) mass is 332 g/mol. The van der Waals surface area contributed by atoms with E-state index < -0.39 is 0 Å². The number of benzene rings is 1. The lowest BCUT2D eigenvalue weighted by Crippen LogP contribution is -2.37. The summed E-state index contributed by atoms with van der Waals surface area (Å²) in [5.41, 5.74) is 3.22. The highest BCUT2D eigenvalue weighted by atomic mass is 32.1. The molecule has 1 aromatic carbocycles. The number of ether oxygens (including phenoxy) is 1. The molecule has 1 aliphatic carbocycles. The van der Waals surface area contributed by atoms with E-state index in [9.17, 15) is 4.79 Å². The molecular weight excluding hydrogens is 312 g/mol. The number of nitrogens with zero attached hydrogens (tertiary/aromatic N) is 1. The Balaban J connectivity index is 1.60. The fourth-order valence-electron chi connectivity index (χ4n) is 2.51. The van der Waals surface area contributed by atoms with Crippen molar-refractivity contribution in [3.05, 3.63) is 46.4 Å². The lowest BCUT2D eigenvalue weighted by atomic mass is 10.1. The SMILES string of the molecule is O=C(NC(CCO)C1CC1)c1cccc(OCc2cscn2)c1. The number of aromatic nitrogens is 1. The predicted octanol–water partition coefficient (Wildman–Crippen LogP) is 2.61. The Morgan fingerprint density at radius 2 is 2.35 bits per heavy atom. The van der Waals surface area contributed by atoms with Crippen molar-refractivity contribution >= 4 is 17.2 Å². The van der Waals surface area contributed by atoms with Crippen LogP contribution in [0, 0.1) is 5.92 Å². The standard InChI is InChI=1S/C17H20N2O3S/c20-7-6-16(12-4-5-12)19-17(21)13-2-1-3-15(8-13)22-9-14-10-23-11-18-14/h1-3,8,10-12,16,20H,4-7,9H2,(H,19,21). The van der Waals surface area contributed by atoms with Crippen molar-refractivity contribution in [3.63, 3.8) is 0 Å². The summed E-state index contributed by atoms with van der Waals surface area (Å²) >= 11 is 1.53. The highest BCUT2D eigenvalue weighted by molar-refractivity contribution is 7.07. The number of amides is 1. The Kier molecular flexibility index (Phi) is 5.25. The van der Waals surface area contributed by atoms with Crippen LogP contribution in [0.1, 0.15) is 35.3 Å². The summed E-state index contributed by atoms with van der Waals surface area (Å²) in [6, 6.07) is 7.21. The average Bonchev–Trinajstić information content (AvgIpc) is 3.29. The molecular formula is C17H20N2O3S. The smallest absolute Gasteiger partial charge is 0.251 e. The fourth-order valence-corrected chi connectivity index (χ4v) is 3.05. The number of hydrogen-bond donors (Lipinski definition) is 2. The van der Waals surface area contributed by atoms with Crippen LogP contribution in [0.3, 0.4) is 0 Å². The van der Waals surface area contributed by atoms with Crippen LogP contribution in [-0.2, 0) is 6.61 Å². The number of carbonyl (C=O) groups excluding carboxylic acids is 1. The van der Waals surface area contributed by atoms with E-state index in [0.717, 1.165) is 18.5 Å². The molecule has 1 saturated carbocycles. The van der Waals surface area contributed by atoms with Crippen LogP contribution in [0.15, 0.2) is 35.2 Å². The van der Waals surface area contributed by atoms with Gasteiger partial charge in [-0.25, -0.2) is 4.98 Å². The summed E-state index contributed by atoms with van der Waals surface area (Å²) in [7, 11) is 0.